The molecular weight excluding hydrogens is 123 g/mol. The summed E-state index contributed by atoms with van der Waals surface area (Å²) in [5, 5.41) is 0. The van der Waals surface area contributed by atoms with Crippen molar-refractivity contribution in [1.82, 2.24) is 0 Å². The highest BCUT2D eigenvalue weighted by atomic mass is 31.1. The summed E-state index contributed by atoms with van der Waals surface area (Å²) in [5.41, 5.74) is 0. The molecule has 2 nitrogen and oxygen atoms in total. The highest BCUT2D eigenvalue weighted by Crippen LogP contribution is 1.97. The van der Waals surface area contributed by atoms with Gasteiger partial charge in [-0.25, -0.2) is 4.57 Å². The number of allylic oxidation sites excluding steroid dienone is 1. The summed E-state index contributed by atoms with van der Waals surface area (Å²) in [6, 6.07) is 0. The Hall–Kier alpha value is -0.200. The standard InChI is InChI=1S/C5H9O2P/c1-2-3-4-5-7-8-6/h2H,1,3-5H2. The summed E-state index contributed by atoms with van der Waals surface area (Å²) in [7, 11) is -0.224. The smallest absolute Gasteiger partial charge is 0.294 e. The fourth-order valence-corrected chi connectivity index (χ4v) is 0.533. The molecule has 0 aromatic heterocycles. The molecule has 0 spiro atoms. The molecule has 0 aliphatic heterocycles. The van der Waals surface area contributed by atoms with Crippen molar-refractivity contribution in [3.8, 4) is 0 Å². The second-order valence-corrected chi connectivity index (χ2v) is 1.75. The van der Waals surface area contributed by atoms with Crippen LogP contribution in [-0.4, -0.2) is 6.61 Å². The maximum absolute atomic E-state index is 9.62. The Morgan fingerprint density at radius 3 is 3.00 bits per heavy atom. The van der Waals surface area contributed by atoms with Gasteiger partial charge in [-0.15, -0.1) is 6.58 Å². The second-order valence-electron chi connectivity index (χ2n) is 1.34. The monoisotopic (exact) mass is 132 g/mol. The van der Waals surface area contributed by atoms with Crippen molar-refractivity contribution in [3.05, 3.63) is 12.7 Å². The first-order chi connectivity index (χ1) is 3.91. The van der Waals surface area contributed by atoms with Crippen molar-refractivity contribution in [2.24, 2.45) is 0 Å². The van der Waals surface area contributed by atoms with Crippen LogP contribution in [0.1, 0.15) is 12.8 Å². The summed E-state index contributed by atoms with van der Waals surface area (Å²) in [5.74, 6) is 0. The normalized spacial score (nSPS) is 9.50. The van der Waals surface area contributed by atoms with Gasteiger partial charge in [0.15, 0.2) is 0 Å². The van der Waals surface area contributed by atoms with Gasteiger partial charge in [-0.3, -0.25) is 4.52 Å². The molecule has 0 saturated carbocycles. The van der Waals surface area contributed by atoms with Crippen LogP contribution in [0.5, 0.6) is 0 Å². The highest BCUT2D eigenvalue weighted by molar-refractivity contribution is 7.17. The minimum absolute atomic E-state index is 0.224. The Morgan fingerprint density at radius 2 is 2.50 bits per heavy atom. The van der Waals surface area contributed by atoms with E-state index < -0.39 is 0 Å². The summed E-state index contributed by atoms with van der Waals surface area (Å²) in [6.07, 6.45) is 3.64. The van der Waals surface area contributed by atoms with E-state index in [1.807, 2.05) is 6.08 Å². The van der Waals surface area contributed by atoms with Gasteiger partial charge in [-0.1, -0.05) is 6.08 Å². The molecule has 0 rings (SSSR count). The van der Waals surface area contributed by atoms with Gasteiger partial charge in [-0.2, -0.15) is 0 Å². The Balaban J connectivity index is 2.71. The molecule has 0 aromatic rings. The molecule has 0 bridgehead atoms. The lowest BCUT2D eigenvalue weighted by molar-refractivity contribution is 0.337. The van der Waals surface area contributed by atoms with Gasteiger partial charge in [0, 0.05) is 0 Å². The summed E-state index contributed by atoms with van der Waals surface area (Å²) >= 11 is 0. The minimum Gasteiger partial charge on any atom is -0.294 e. The van der Waals surface area contributed by atoms with Gasteiger partial charge in [0.2, 0.25) is 0 Å². The van der Waals surface area contributed by atoms with Crippen LogP contribution in [-0.2, 0) is 9.09 Å². The molecule has 0 aliphatic carbocycles. The van der Waals surface area contributed by atoms with E-state index in [1.54, 1.807) is 0 Å². The van der Waals surface area contributed by atoms with Crippen LogP contribution >= 0.6 is 8.69 Å². The van der Waals surface area contributed by atoms with Crippen molar-refractivity contribution in [1.29, 1.82) is 0 Å². The van der Waals surface area contributed by atoms with Crippen molar-refractivity contribution in [3.63, 3.8) is 0 Å². The van der Waals surface area contributed by atoms with Gasteiger partial charge in [0.25, 0.3) is 0 Å². The first-order valence-corrected chi connectivity index (χ1v) is 3.20. The van der Waals surface area contributed by atoms with E-state index in [1.165, 1.54) is 0 Å². The molecular formula is C5H9O2P. The van der Waals surface area contributed by atoms with Crippen LogP contribution in [0.3, 0.4) is 0 Å². The van der Waals surface area contributed by atoms with Crippen molar-refractivity contribution in [2.45, 2.75) is 12.8 Å². The summed E-state index contributed by atoms with van der Waals surface area (Å²) < 4.78 is 14.1. The zero-order valence-corrected chi connectivity index (χ0v) is 5.56. The third-order valence-electron chi connectivity index (χ3n) is 0.697. The molecule has 3 heteroatoms. The Labute approximate surface area is 50.8 Å². The lowest BCUT2D eigenvalue weighted by Crippen LogP contribution is -1.80. The molecule has 0 amide bonds. The number of hydrogen-bond acceptors (Lipinski definition) is 2. The van der Waals surface area contributed by atoms with Gasteiger partial charge in [0.1, 0.15) is 0 Å². The number of hydrogen-bond donors (Lipinski definition) is 0. The Kier molecular flexibility index (Phi) is 6.63. The van der Waals surface area contributed by atoms with Crippen molar-refractivity contribution < 1.29 is 9.09 Å². The van der Waals surface area contributed by atoms with Crippen LogP contribution in [0, 0.1) is 0 Å². The molecule has 0 atom stereocenters. The number of unbranched alkanes of at least 4 members (excludes halogenated alkanes) is 1. The molecule has 8 heavy (non-hydrogen) atoms. The van der Waals surface area contributed by atoms with E-state index in [0.29, 0.717) is 6.61 Å². The van der Waals surface area contributed by atoms with E-state index in [0.717, 1.165) is 12.8 Å². The quantitative estimate of drug-likeness (QED) is 0.325. The Morgan fingerprint density at radius 1 is 1.75 bits per heavy atom. The second kappa shape index (κ2) is 6.80. The first-order valence-electron chi connectivity index (χ1n) is 2.47. The topological polar surface area (TPSA) is 26.3 Å². The van der Waals surface area contributed by atoms with Crippen LogP contribution in [0.2, 0.25) is 0 Å². The SMILES string of the molecule is C=CCCCOP=O. The fraction of sp³-hybridized carbons (Fsp3) is 0.600. The van der Waals surface area contributed by atoms with E-state index >= 15 is 0 Å². The molecule has 0 saturated heterocycles. The molecule has 0 N–H and O–H groups in total. The summed E-state index contributed by atoms with van der Waals surface area (Å²) in [4.78, 5) is 0. The van der Waals surface area contributed by atoms with Crippen LogP contribution in [0.15, 0.2) is 12.7 Å². The molecule has 0 fully saturated rings. The van der Waals surface area contributed by atoms with Crippen molar-refractivity contribution >= 4 is 8.69 Å². The molecule has 0 aliphatic rings. The largest absolute Gasteiger partial charge is 0.327 e. The van der Waals surface area contributed by atoms with Crippen molar-refractivity contribution in [2.75, 3.05) is 6.61 Å². The minimum atomic E-state index is -0.224. The fourth-order valence-electron chi connectivity index (χ4n) is 0.329. The molecule has 0 radical (unpaired) electrons. The molecule has 0 aromatic carbocycles. The van der Waals surface area contributed by atoms with E-state index in [2.05, 4.69) is 11.1 Å². The van der Waals surface area contributed by atoms with Gasteiger partial charge in [0.05, 0.1) is 6.61 Å². The predicted molar refractivity (Wildman–Crippen MR) is 33.0 cm³/mol. The lowest BCUT2D eigenvalue weighted by Gasteiger charge is -1.88. The summed E-state index contributed by atoms with van der Waals surface area (Å²) in [6.45, 7) is 4.08. The number of rotatable bonds is 5. The third-order valence-corrected chi connectivity index (χ3v) is 0.985. The van der Waals surface area contributed by atoms with E-state index in [4.69, 9.17) is 0 Å². The van der Waals surface area contributed by atoms with Crippen LogP contribution in [0.4, 0.5) is 0 Å². The highest BCUT2D eigenvalue weighted by Gasteiger charge is 1.81. The van der Waals surface area contributed by atoms with Gasteiger partial charge >= 0.3 is 8.69 Å². The maximum Gasteiger partial charge on any atom is 0.327 e. The Bertz CT molecular complexity index is 62.8. The van der Waals surface area contributed by atoms with Crippen LogP contribution in [0.25, 0.3) is 0 Å². The average Bonchev–Trinajstić information content (AvgIpc) is 1.81. The maximum atomic E-state index is 9.62. The first kappa shape index (κ1) is 7.80. The van der Waals surface area contributed by atoms with Gasteiger partial charge in [-0.05, 0) is 12.8 Å². The average molecular weight is 132 g/mol. The third kappa shape index (κ3) is 5.80. The lowest BCUT2D eigenvalue weighted by atomic mass is 10.3. The zero-order chi connectivity index (χ0) is 6.24. The predicted octanol–water partition coefficient (Wildman–Crippen LogP) is 2.18. The zero-order valence-electron chi connectivity index (χ0n) is 4.67. The van der Waals surface area contributed by atoms with Crippen LogP contribution < -0.4 is 0 Å². The van der Waals surface area contributed by atoms with Gasteiger partial charge < -0.3 is 0 Å². The molecule has 0 heterocycles. The van der Waals surface area contributed by atoms with E-state index in [9.17, 15) is 4.57 Å². The van der Waals surface area contributed by atoms with E-state index in [-0.39, 0.29) is 8.69 Å². The molecule has 0 unspecified atom stereocenters. The molecule has 46 valence electrons.